The van der Waals surface area contributed by atoms with Crippen molar-refractivity contribution in [2.45, 2.75) is 12.3 Å². The van der Waals surface area contributed by atoms with Crippen LogP contribution in [0.4, 0.5) is 11.4 Å². The summed E-state index contributed by atoms with van der Waals surface area (Å²) in [7, 11) is 0. The molecule has 0 radical (unpaired) electrons. The lowest BCUT2D eigenvalue weighted by atomic mass is 10.1. The number of nitrogens with one attached hydrogen (secondary N) is 1. The van der Waals surface area contributed by atoms with Crippen LogP contribution < -0.4 is 5.32 Å². The van der Waals surface area contributed by atoms with Crippen molar-refractivity contribution in [3.8, 4) is 0 Å². The van der Waals surface area contributed by atoms with Crippen molar-refractivity contribution in [3.05, 3.63) is 70.3 Å². The van der Waals surface area contributed by atoms with Crippen LogP contribution in [0.1, 0.15) is 17.9 Å². The van der Waals surface area contributed by atoms with Gasteiger partial charge in [0.05, 0.1) is 4.92 Å². The number of nitro groups is 1. The fourth-order valence-electron chi connectivity index (χ4n) is 2.45. The van der Waals surface area contributed by atoms with E-state index < -0.39 is 4.92 Å². The molecule has 1 fully saturated rings. The summed E-state index contributed by atoms with van der Waals surface area (Å²) < 4.78 is 0. The van der Waals surface area contributed by atoms with Crippen LogP contribution in [-0.4, -0.2) is 10.8 Å². The van der Waals surface area contributed by atoms with Crippen LogP contribution in [0.3, 0.4) is 0 Å². The minimum Gasteiger partial charge on any atom is -0.326 e. The van der Waals surface area contributed by atoms with E-state index >= 15 is 0 Å². The number of anilines is 1. The summed E-state index contributed by atoms with van der Waals surface area (Å²) in [6.45, 7) is 0. The molecule has 1 aliphatic carbocycles. The highest BCUT2D eigenvalue weighted by atomic mass is 16.6. The summed E-state index contributed by atoms with van der Waals surface area (Å²) in [4.78, 5) is 22.2. The molecule has 0 aromatic heterocycles. The summed E-state index contributed by atoms with van der Waals surface area (Å²) in [5, 5.41) is 13.4. The third-order valence-corrected chi connectivity index (χ3v) is 3.70. The van der Waals surface area contributed by atoms with Gasteiger partial charge in [-0.15, -0.1) is 0 Å². The third kappa shape index (κ3) is 2.91. The molecule has 1 aliphatic rings. The first-order chi connectivity index (χ1) is 10.1. The van der Waals surface area contributed by atoms with E-state index in [1.165, 1.54) is 17.7 Å². The minimum atomic E-state index is -0.460. The molecule has 0 saturated heterocycles. The largest absolute Gasteiger partial charge is 0.326 e. The molecule has 2 atom stereocenters. The SMILES string of the molecule is O=C(Nc1ccc([N+](=O)[O-])cc1)C1CC1c1ccccc1. The van der Waals surface area contributed by atoms with Crippen LogP contribution in [0.15, 0.2) is 54.6 Å². The summed E-state index contributed by atoms with van der Waals surface area (Å²) in [5.41, 5.74) is 1.78. The zero-order valence-corrected chi connectivity index (χ0v) is 11.2. The molecule has 21 heavy (non-hydrogen) atoms. The van der Waals surface area contributed by atoms with Gasteiger partial charge in [-0.25, -0.2) is 0 Å². The number of carbonyl (C=O) groups excluding carboxylic acids is 1. The number of amides is 1. The highest BCUT2D eigenvalue weighted by molar-refractivity contribution is 5.95. The van der Waals surface area contributed by atoms with E-state index in [9.17, 15) is 14.9 Å². The van der Waals surface area contributed by atoms with Gasteiger partial charge in [0, 0.05) is 23.7 Å². The Bertz CT molecular complexity index is 668. The summed E-state index contributed by atoms with van der Waals surface area (Å²) >= 11 is 0. The van der Waals surface area contributed by atoms with Gasteiger partial charge in [-0.3, -0.25) is 14.9 Å². The van der Waals surface area contributed by atoms with Gasteiger partial charge in [0.2, 0.25) is 5.91 Å². The average molecular weight is 282 g/mol. The summed E-state index contributed by atoms with van der Waals surface area (Å²) in [6, 6.07) is 15.8. The number of nitro benzene ring substituents is 1. The quantitative estimate of drug-likeness (QED) is 0.690. The van der Waals surface area contributed by atoms with Crippen LogP contribution in [0, 0.1) is 16.0 Å². The van der Waals surface area contributed by atoms with E-state index in [0.29, 0.717) is 5.69 Å². The highest BCUT2D eigenvalue weighted by Crippen LogP contribution is 2.47. The monoisotopic (exact) mass is 282 g/mol. The second kappa shape index (κ2) is 5.36. The molecular formula is C16H14N2O3. The lowest BCUT2D eigenvalue weighted by molar-refractivity contribution is -0.384. The van der Waals surface area contributed by atoms with E-state index in [0.717, 1.165) is 6.42 Å². The zero-order valence-electron chi connectivity index (χ0n) is 11.2. The maximum Gasteiger partial charge on any atom is 0.269 e. The Labute approximate surface area is 121 Å². The minimum absolute atomic E-state index is 0.0115. The molecular weight excluding hydrogens is 268 g/mol. The van der Waals surface area contributed by atoms with E-state index in [-0.39, 0.29) is 23.4 Å². The molecule has 0 spiro atoms. The summed E-state index contributed by atoms with van der Waals surface area (Å²) in [6.07, 6.45) is 0.850. The Kier molecular flexibility index (Phi) is 3.39. The molecule has 1 N–H and O–H groups in total. The number of hydrogen-bond acceptors (Lipinski definition) is 3. The van der Waals surface area contributed by atoms with Crippen molar-refractivity contribution in [1.29, 1.82) is 0 Å². The van der Waals surface area contributed by atoms with E-state index in [1.807, 2.05) is 30.3 Å². The second-order valence-electron chi connectivity index (χ2n) is 5.15. The molecule has 0 heterocycles. The van der Waals surface area contributed by atoms with Crippen LogP contribution >= 0.6 is 0 Å². The van der Waals surface area contributed by atoms with E-state index in [1.54, 1.807) is 12.1 Å². The first-order valence-corrected chi connectivity index (χ1v) is 6.75. The van der Waals surface area contributed by atoms with E-state index in [2.05, 4.69) is 5.32 Å². The lowest BCUT2D eigenvalue weighted by Gasteiger charge is -2.04. The van der Waals surface area contributed by atoms with Crippen molar-refractivity contribution >= 4 is 17.3 Å². The predicted molar refractivity (Wildman–Crippen MR) is 79.0 cm³/mol. The predicted octanol–water partition coefficient (Wildman–Crippen LogP) is 3.34. The number of nitrogens with zero attached hydrogens (tertiary/aromatic N) is 1. The van der Waals surface area contributed by atoms with Gasteiger partial charge in [0.25, 0.3) is 5.69 Å². The van der Waals surface area contributed by atoms with Gasteiger partial charge in [0.15, 0.2) is 0 Å². The van der Waals surface area contributed by atoms with Crippen molar-refractivity contribution in [2.24, 2.45) is 5.92 Å². The Balaban J connectivity index is 1.62. The Morgan fingerprint density at radius 1 is 1.10 bits per heavy atom. The maximum absolute atomic E-state index is 12.1. The highest BCUT2D eigenvalue weighted by Gasteiger charge is 2.43. The Morgan fingerprint density at radius 2 is 1.76 bits per heavy atom. The van der Waals surface area contributed by atoms with Gasteiger partial charge < -0.3 is 5.32 Å². The van der Waals surface area contributed by atoms with Gasteiger partial charge in [0.1, 0.15) is 0 Å². The normalized spacial score (nSPS) is 19.8. The van der Waals surface area contributed by atoms with Gasteiger partial charge in [-0.2, -0.15) is 0 Å². The molecule has 3 rings (SSSR count). The molecule has 106 valence electrons. The molecule has 0 bridgehead atoms. The number of non-ortho nitro benzene ring substituents is 1. The van der Waals surface area contributed by atoms with Crippen LogP contribution in [0.25, 0.3) is 0 Å². The second-order valence-corrected chi connectivity index (χ2v) is 5.15. The van der Waals surface area contributed by atoms with Crippen molar-refractivity contribution in [3.63, 3.8) is 0 Å². The molecule has 0 aliphatic heterocycles. The fourth-order valence-corrected chi connectivity index (χ4v) is 2.45. The van der Waals surface area contributed by atoms with Gasteiger partial charge in [-0.1, -0.05) is 30.3 Å². The smallest absolute Gasteiger partial charge is 0.269 e. The van der Waals surface area contributed by atoms with Crippen molar-refractivity contribution in [1.82, 2.24) is 0 Å². The summed E-state index contributed by atoms with van der Waals surface area (Å²) in [5.74, 6) is 0.240. The van der Waals surface area contributed by atoms with Crippen molar-refractivity contribution in [2.75, 3.05) is 5.32 Å². The van der Waals surface area contributed by atoms with Crippen LogP contribution in [-0.2, 0) is 4.79 Å². The number of benzene rings is 2. The third-order valence-electron chi connectivity index (χ3n) is 3.70. The molecule has 2 unspecified atom stereocenters. The average Bonchev–Trinajstić information content (AvgIpc) is 3.29. The molecule has 1 amide bonds. The Morgan fingerprint density at radius 3 is 2.38 bits per heavy atom. The molecule has 5 heteroatoms. The van der Waals surface area contributed by atoms with Crippen LogP contribution in [0.5, 0.6) is 0 Å². The lowest BCUT2D eigenvalue weighted by Crippen LogP contribution is -2.14. The van der Waals surface area contributed by atoms with Gasteiger partial charge >= 0.3 is 0 Å². The molecule has 2 aromatic rings. The molecule has 1 saturated carbocycles. The first-order valence-electron chi connectivity index (χ1n) is 6.75. The zero-order chi connectivity index (χ0) is 14.8. The van der Waals surface area contributed by atoms with Gasteiger partial charge in [-0.05, 0) is 30.0 Å². The van der Waals surface area contributed by atoms with Crippen molar-refractivity contribution < 1.29 is 9.72 Å². The molecule has 5 nitrogen and oxygen atoms in total. The maximum atomic E-state index is 12.1. The fraction of sp³-hybridized carbons (Fsp3) is 0.188. The first kappa shape index (κ1) is 13.3. The standard InChI is InChI=1S/C16H14N2O3/c19-16(15-10-14(15)11-4-2-1-3-5-11)17-12-6-8-13(9-7-12)18(20)21/h1-9,14-15H,10H2,(H,17,19). The molecule has 2 aromatic carbocycles. The Hall–Kier alpha value is -2.69. The topological polar surface area (TPSA) is 72.2 Å². The number of carbonyl (C=O) groups is 1. The number of rotatable bonds is 4. The number of hydrogen-bond donors (Lipinski definition) is 1. The van der Waals surface area contributed by atoms with E-state index in [4.69, 9.17) is 0 Å². The van der Waals surface area contributed by atoms with Crippen LogP contribution in [0.2, 0.25) is 0 Å².